The van der Waals surface area contributed by atoms with E-state index in [-0.39, 0.29) is 0 Å². The van der Waals surface area contributed by atoms with E-state index < -0.39 is 13.0 Å². The monoisotopic (exact) mass is 198 g/mol. The van der Waals surface area contributed by atoms with Crippen molar-refractivity contribution in [3.8, 4) is 5.75 Å². The van der Waals surface area contributed by atoms with E-state index in [0.29, 0.717) is 5.75 Å². The van der Waals surface area contributed by atoms with Crippen LogP contribution in [0.25, 0.3) is 6.08 Å². The Morgan fingerprint density at radius 2 is 2.21 bits per heavy atom. The molecule has 0 saturated heterocycles. The molecular weight excluding hydrogens is 186 g/mol. The standard InChI is InChI=1S/C11H12F2O/c1-3-9-5-4-8(2)6-10(9)14-7-11(12)13/h3-6,11H,1,7H2,2H3. The van der Waals surface area contributed by atoms with Gasteiger partial charge in [-0.3, -0.25) is 0 Å². The Morgan fingerprint density at radius 1 is 1.50 bits per heavy atom. The normalized spacial score (nSPS) is 10.3. The van der Waals surface area contributed by atoms with Gasteiger partial charge in [0.2, 0.25) is 0 Å². The van der Waals surface area contributed by atoms with Gasteiger partial charge >= 0.3 is 0 Å². The fourth-order valence-corrected chi connectivity index (χ4v) is 1.09. The minimum atomic E-state index is -2.45. The number of hydrogen-bond acceptors (Lipinski definition) is 1. The van der Waals surface area contributed by atoms with Gasteiger partial charge in [0, 0.05) is 5.56 Å². The van der Waals surface area contributed by atoms with Crippen molar-refractivity contribution < 1.29 is 13.5 Å². The number of halogens is 2. The molecule has 0 unspecified atom stereocenters. The quantitative estimate of drug-likeness (QED) is 0.721. The van der Waals surface area contributed by atoms with Crippen LogP contribution < -0.4 is 4.74 Å². The van der Waals surface area contributed by atoms with Crippen molar-refractivity contribution in [1.29, 1.82) is 0 Å². The predicted octanol–water partition coefficient (Wildman–Crippen LogP) is 3.28. The topological polar surface area (TPSA) is 9.23 Å². The smallest absolute Gasteiger partial charge is 0.272 e. The summed E-state index contributed by atoms with van der Waals surface area (Å²) >= 11 is 0. The van der Waals surface area contributed by atoms with Crippen molar-refractivity contribution in [1.82, 2.24) is 0 Å². The van der Waals surface area contributed by atoms with Crippen molar-refractivity contribution in [2.75, 3.05) is 6.61 Å². The lowest BCUT2D eigenvalue weighted by Crippen LogP contribution is -2.07. The molecule has 1 nitrogen and oxygen atoms in total. The number of rotatable bonds is 4. The van der Waals surface area contributed by atoms with Gasteiger partial charge in [0.25, 0.3) is 6.43 Å². The van der Waals surface area contributed by atoms with E-state index in [0.717, 1.165) is 11.1 Å². The Morgan fingerprint density at radius 3 is 2.79 bits per heavy atom. The highest BCUT2D eigenvalue weighted by atomic mass is 19.3. The molecule has 0 aliphatic rings. The molecule has 0 N–H and O–H groups in total. The van der Waals surface area contributed by atoms with E-state index in [1.54, 1.807) is 18.2 Å². The highest BCUT2D eigenvalue weighted by Gasteiger charge is 2.06. The minimum absolute atomic E-state index is 0.459. The summed E-state index contributed by atoms with van der Waals surface area (Å²) in [6, 6.07) is 5.40. The van der Waals surface area contributed by atoms with Crippen LogP contribution in [0, 0.1) is 6.92 Å². The van der Waals surface area contributed by atoms with Crippen molar-refractivity contribution in [2.45, 2.75) is 13.3 Å². The first kappa shape index (κ1) is 10.7. The Hall–Kier alpha value is -1.38. The van der Waals surface area contributed by atoms with Gasteiger partial charge in [-0.2, -0.15) is 0 Å². The van der Waals surface area contributed by atoms with E-state index in [2.05, 4.69) is 6.58 Å². The summed E-state index contributed by atoms with van der Waals surface area (Å²) in [4.78, 5) is 0. The van der Waals surface area contributed by atoms with Crippen LogP contribution in [0.1, 0.15) is 11.1 Å². The van der Waals surface area contributed by atoms with E-state index in [4.69, 9.17) is 4.74 Å². The van der Waals surface area contributed by atoms with E-state index in [1.807, 2.05) is 13.0 Å². The molecule has 0 spiro atoms. The van der Waals surface area contributed by atoms with Gasteiger partial charge in [0.15, 0.2) is 0 Å². The van der Waals surface area contributed by atoms with Crippen molar-refractivity contribution in [3.63, 3.8) is 0 Å². The number of ether oxygens (including phenoxy) is 1. The molecule has 0 atom stereocenters. The summed E-state index contributed by atoms with van der Waals surface area (Å²) in [6.07, 6.45) is -0.867. The zero-order chi connectivity index (χ0) is 10.6. The molecular formula is C11H12F2O. The summed E-state index contributed by atoms with van der Waals surface area (Å²) in [6.45, 7) is 4.88. The maximum atomic E-state index is 11.9. The second-order valence-corrected chi connectivity index (χ2v) is 2.95. The lowest BCUT2D eigenvalue weighted by molar-refractivity contribution is 0.0818. The van der Waals surface area contributed by atoms with E-state index in [1.165, 1.54) is 0 Å². The third kappa shape index (κ3) is 2.83. The zero-order valence-electron chi connectivity index (χ0n) is 7.97. The largest absolute Gasteiger partial charge is 0.487 e. The molecule has 0 aliphatic heterocycles. The molecule has 1 aromatic carbocycles. The molecule has 0 heterocycles. The third-order valence-corrected chi connectivity index (χ3v) is 1.75. The van der Waals surface area contributed by atoms with Crippen LogP contribution in [0.4, 0.5) is 8.78 Å². The summed E-state index contributed by atoms with van der Waals surface area (Å²) in [5, 5.41) is 0. The summed E-state index contributed by atoms with van der Waals surface area (Å²) < 4.78 is 28.8. The van der Waals surface area contributed by atoms with Gasteiger partial charge in [0.1, 0.15) is 12.4 Å². The molecule has 1 aromatic rings. The highest BCUT2D eigenvalue weighted by Crippen LogP contribution is 2.21. The molecule has 0 aliphatic carbocycles. The molecule has 0 bridgehead atoms. The number of benzene rings is 1. The molecule has 14 heavy (non-hydrogen) atoms. The number of alkyl halides is 2. The lowest BCUT2D eigenvalue weighted by Gasteiger charge is -2.09. The second kappa shape index (κ2) is 4.74. The van der Waals surface area contributed by atoms with Crippen molar-refractivity contribution in [2.24, 2.45) is 0 Å². The number of aryl methyl sites for hydroxylation is 1. The van der Waals surface area contributed by atoms with Crippen molar-refractivity contribution >= 4 is 6.08 Å². The predicted molar refractivity (Wildman–Crippen MR) is 52.8 cm³/mol. The molecule has 0 amide bonds. The fraction of sp³-hybridized carbons (Fsp3) is 0.273. The molecule has 76 valence electrons. The van der Waals surface area contributed by atoms with Crippen LogP contribution in [0.2, 0.25) is 0 Å². The molecule has 0 fully saturated rings. The lowest BCUT2D eigenvalue weighted by atomic mass is 10.1. The van der Waals surface area contributed by atoms with Gasteiger partial charge in [0.05, 0.1) is 0 Å². The maximum absolute atomic E-state index is 11.9. The SMILES string of the molecule is C=Cc1ccc(C)cc1OCC(F)F. The summed E-state index contributed by atoms with van der Waals surface area (Å²) in [5.41, 5.74) is 1.70. The van der Waals surface area contributed by atoms with E-state index >= 15 is 0 Å². The minimum Gasteiger partial charge on any atom is -0.487 e. The average Bonchev–Trinajstić information content (AvgIpc) is 2.15. The molecule has 0 saturated carbocycles. The van der Waals surface area contributed by atoms with Crippen LogP contribution in [0.15, 0.2) is 24.8 Å². The Kier molecular flexibility index (Phi) is 3.63. The van der Waals surface area contributed by atoms with Crippen molar-refractivity contribution in [3.05, 3.63) is 35.9 Å². The van der Waals surface area contributed by atoms with E-state index in [9.17, 15) is 8.78 Å². The fourth-order valence-electron chi connectivity index (χ4n) is 1.09. The molecule has 3 heteroatoms. The molecule has 1 rings (SSSR count). The molecule has 0 radical (unpaired) electrons. The summed E-state index contributed by atoms with van der Waals surface area (Å²) in [7, 11) is 0. The Bertz CT molecular complexity index is 321. The Labute approximate surface area is 82.0 Å². The zero-order valence-corrected chi connectivity index (χ0v) is 7.97. The van der Waals surface area contributed by atoms with Crippen LogP contribution in [0.3, 0.4) is 0 Å². The maximum Gasteiger partial charge on any atom is 0.272 e. The van der Waals surface area contributed by atoms with Gasteiger partial charge < -0.3 is 4.74 Å². The first-order valence-corrected chi connectivity index (χ1v) is 4.27. The highest BCUT2D eigenvalue weighted by molar-refractivity contribution is 5.56. The van der Waals surface area contributed by atoms with Crippen LogP contribution in [0.5, 0.6) is 5.75 Å². The van der Waals surface area contributed by atoms with Crippen LogP contribution in [-0.4, -0.2) is 13.0 Å². The Balaban J connectivity index is 2.82. The first-order valence-electron chi connectivity index (χ1n) is 4.27. The molecule has 0 aromatic heterocycles. The van der Waals surface area contributed by atoms with Crippen LogP contribution >= 0.6 is 0 Å². The number of hydrogen-bond donors (Lipinski definition) is 0. The summed E-state index contributed by atoms with van der Waals surface area (Å²) in [5.74, 6) is 0.459. The third-order valence-electron chi connectivity index (χ3n) is 1.75. The second-order valence-electron chi connectivity index (χ2n) is 2.95. The average molecular weight is 198 g/mol. The first-order chi connectivity index (χ1) is 6.63. The van der Waals surface area contributed by atoms with Gasteiger partial charge in [-0.1, -0.05) is 24.8 Å². The van der Waals surface area contributed by atoms with Gasteiger partial charge in [-0.05, 0) is 18.6 Å². The van der Waals surface area contributed by atoms with Crippen LogP contribution in [-0.2, 0) is 0 Å². The van der Waals surface area contributed by atoms with Gasteiger partial charge in [-0.25, -0.2) is 8.78 Å². The van der Waals surface area contributed by atoms with Gasteiger partial charge in [-0.15, -0.1) is 0 Å².